The molecule has 2 aromatic carbocycles. The van der Waals surface area contributed by atoms with Crippen LogP contribution in [0.5, 0.6) is 11.5 Å². The summed E-state index contributed by atoms with van der Waals surface area (Å²) in [5.41, 5.74) is 0.631. The van der Waals surface area contributed by atoms with E-state index in [1.54, 1.807) is 0 Å². The number of hydrogen-bond donors (Lipinski definition) is 0. The number of rotatable bonds is 8. The molecule has 0 aromatic heterocycles. The minimum atomic E-state index is -0.780. The number of hydrogen-bond acceptors (Lipinski definition) is 7. The molecular weight excluding hydrogens is 364 g/mol. The number of carbonyl (C=O) groups excluding carboxylic acids is 3. The SMILES string of the molecule is CCCCCOC(=O)Oc1ccc(C(=O)Oc2ccc(C(=O)OC)cc2)cc1. The molecule has 0 unspecified atom stereocenters. The summed E-state index contributed by atoms with van der Waals surface area (Å²) < 4.78 is 19.8. The van der Waals surface area contributed by atoms with Crippen LogP contribution in [-0.4, -0.2) is 31.8 Å². The van der Waals surface area contributed by atoms with E-state index in [4.69, 9.17) is 14.2 Å². The molecule has 7 nitrogen and oxygen atoms in total. The summed E-state index contributed by atoms with van der Waals surface area (Å²) in [7, 11) is 1.29. The molecule has 0 spiro atoms. The van der Waals surface area contributed by atoms with Crippen molar-refractivity contribution in [3.05, 3.63) is 59.7 Å². The summed E-state index contributed by atoms with van der Waals surface area (Å²) in [6.07, 6.45) is 2.02. The number of carbonyl (C=O) groups is 3. The lowest BCUT2D eigenvalue weighted by molar-refractivity contribution is 0.0600. The van der Waals surface area contributed by atoms with Crippen molar-refractivity contribution in [3.63, 3.8) is 0 Å². The van der Waals surface area contributed by atoms with Crippen LogP contribution in [0.3, 0.4) is 0 Å². The van der Waals surface area contributed by atoms with E-state index >= 15 is 0 Å². The van der Waals surface area contributed by atoms with Gasteiger partial charge in [0.15, 0.2) is 0 Å². The maximum Gasteiger partial charge on any atom is 0.513 e. The number of benzene rings is 2. The van der Waals surface area contributed by atoms with Crippen molar-refractivity contribution in [2.45, 2.75) is 26.2 Å². The molecule has 0 atom stereocenters. The molecule has 2 rings (SSSR count). The summed E-state index contributed by atoms with van der Waals surface area (Å²) in [5, 5.41) is 0. The fourth-order valence-corrected chi connectivity index (χ4v) is 2.24. The van der Waals surface area contributed by atoms with Crippen LogP contribution in [0.1, 0.15) is 46.9 Å². The van der Waals surface area contributed by atoms with Gasteiger partial charge in [-0.05, 0) is 55.0 Å². The van der Waals surface area contributed by atoms with Gasteiger partial charge in [0.1, 0.15) is 11.5 Å². The van der Waals surface area contributed by atoms with Crippen LogP contribution in [0.25, 0.3) is 0 Å². The molecular formula is C21H22O7. The molecule has 0 aliphatic rings. The second-order valence-corrected chi connectivity index (χ2v) is 5.84. The second kappa shape index (κ2) is 10.7. The molecule has 0 saturated heterocycles. The molecule has 0 heterocycles. The van der Waals surface area contributed by atoms with Crippen molar-refractivity contribution in [1.82, 2.24) is 0 Å². The highest BCUT2D eigenvalue weighted by atomic mass is 16.7. The lowest BCUT2D eigenvalue weighted by Gasteiger charge is -2.07. The maximum atomic E-state index is 12.2. The minimum Gasteiger partial charge on any atom is -0.465 e. The van der Waals surface area contributed by atoms with Crippen LogP contribution in [0.15, 0.2) is 48.5 Å². The van der Waals surface area contributed by atoms with Gasteiger partial charge in [-0.25, -0.2) is 14.4 Å². The molecule has 0 amide bonds. The lowest BCUT2D eigenvalue weighted by Crippen LogP contribution is -2.12. The van der Waals surface area contributed by atoms with E-state index in [9.17, 15) is 14.4 Å². The van der Waals surface area contributed by atoms with Crippen LogP contribution in [-0.2, 0) is 9.47 Å². The number of unbranched alkanes of at least 4 members (excludes halogenated alkanes) is 2. The highest BCUT2D eigenvalue weighted by Crippen LogP contribution is 2.17. The lowest BCUT2D eigenvalue weighted by atomic mass is 10.2. The normalized spacial score (nSPS) is 10.1. The molecule has 0 bridgehead atoms. The van der Waals surface area contributed by atoms with E-state index in [0.717, 1.165) is 19.3 Å². The molecule has 0 fully saturated rings. The smallest absolute Gasteiger partial charge is 0.465 e. The van der Waals surface area contributed by atoms with Crippen molar-refractivity contribution >= 4 is 18.1 Å². The molecule has 0 aliphatic carbocycles. The van der Waals surface area contributed by atoms with Gasteiger partial charge in [-0.1, -0.05) is 19.8 Å². The topological polar surface area (TPSA) is 88.1 Å². The Morgan fingerprint density at radius 3 is 1.82 bits per heavy atom. The molecule has 0 N–H and O–H groups in total. The summed E-state index contributed by atoms with van der Waals surface area (Å²) in [6.45, 7) is 2.37. The van der Waals surface area contributed by atoms with Crippen molar-refractivity contribution in [2.75, 3.05) is 13.7 Å². The second-order valence-electron chi connectivity index (χ2n) is 5.84. The van der Waals surface area contributed by atoms with Crippen LogP contribution in [0.2, 0.25) is 0 Å². The fraction of sp³-hybridized carbons (Fsp3) is 0.286. The summed E-state index contributed by atoms with van der Waals surface area (Å²) in [5.74, 6) is -0.509. The molecule has 148 valence electrons. The van der Waals surface area contributed by atoms with Gasteiger partial charge in [0.2, 0.25) is 0 Å². The molecule has 2 aromatic rings. The van der Waals surface area contributed by atoms with E-state index in [1.165, 1.54) is 55.6 Å². The summed E-state index contributed by atoms with van der Waals surface area (Å²) in [4.78, 5) is 35.1. The Kier molecular flexibility index (Phi) is 8.02. The molecule has 0 aliphatic heterocycles. The van der Waals surface area contributed by atoms with Crippen molar-refractivity contribution in [3.8, 4) is 11.5 Å². The fourth-order valence-electron chi connectivity index (χ4n) is 2.24. The van der Waals surface area contributed by atoms with Gasteiger partial charge in [-0.2, -0.15) is 0 Å². The third-order valence-electron chi connectivity index (χ3n) is 3.74. The van der Waals surface area contributed by atoms with E-state index in [0.29, 0.717) is 12.2 Å². The third-order valence-corrected chi connectivity index (χ3v) is 3.74. The standard InChI is InChI=1S/C21H22O7/c1-3-4-5-14-26-21(24)28-18-12-8-16(9-13-18)20(23)27-17-10-6-15(7-11-17)19(22)25-2/h6-13H,3-5,14H2,1-2H3. The van der Waals surface area contributed by atoms with E-state index < -0.39 is 18.1 Å². The summed E-state index contributed by atoms with van der Waals surface area (Å²) >= 11 is 0. The van der Waals surface area contributed by atoms with Gasteiger partial charge in [0, 0.05) is 0 Å². The first-order valence-corrected chi connectivity index (χ1v) is 8.88. The van der Waals surface area contributed by atoms with Crippen LogP contribution >= 0.6 is 0 Å². The number of ether oxygens (including phenoxy) is 4. The average Bonchev–Trinajstić information content (AvgIpc) is 2.71. The van der Waals surface area contributed by atoms with Crippen LogP contribution < -0.4 is 9.47 Å². The van der Waals surface area contributed by atoms with Gasteiger partial charge in [0.05, 0.1) is 24.8 Å². The largest absolute Gasteiger partial charge is 0.513 e. The van der Waals surface area contributed by atoms with Crippen LogP contribution in [0, 0.1) is 0 Å². The minimum absolute atomic E-state index is 0.263. The molecule has 7 heteroatoms. The third kappa shape index (κ3) is 6.42. The first-order chi connectivity index (χ1) is 13.5. The van der Waals surface area contributed by atoms with Gasteiger partial charge in [-0.15, -0.1) is 0 Å². The predicted octanol–water partition coefficient (Wildman–Crippen LogP) is 4.40. The molecule has 0 saturated carbocycles. The predicted molar refractivity (Wildman–Crippen MR) is 101 cm³/mol. The Morgan fingerprint density at radius 2 is 1.29 bits per heavy atom. The first kappa shape index (κ1) is 21.0. The molecule has 0 radical (unpaired) electrons. The quantitative estimate of drug-likeness (QED) is 0.288. The zero-order chi connectivity index (χ0) is 20.4. The highest BCUT2D eigenvalue weighted by Gasteiger charge is 2.12. The first-order valence-electron chi connectivity index (χ1n) is 8.88. The Labute approximate surface area is 163 Å². The Hall–Kier alpha value is -3.35. The van der Waals surface area contributed by atoms with Crippen molar-refractivity contribution in [2.24, 2.45) is 0 Å². The van der Waals surface area contributed by atoms with Gasteiger partial charge in [-0.3, -0.25) is 0 Å². The zero-order valence-corrected chi connectivity index (χ0v) is 15.8. The van der Waals surface area contributed by atoms with Gasteiger partial charge >= 0.3 is 18.1 Å². The van der Waals surface area contributed by atoms with E-state index in [-0.39, 0.29) is 17.1 Å². The number of esters is 2. The zero-order valence-electron chi connectivity index (χ0n) is 15.8. The van der Waals surface area contributed by atoms with Crippen molar-refractivity contribution < 1.29 is 33.3 Å². The van der Waals surface area contributed by atoms with E-state index in [2.05, 4.69) is 11.7 Å². The molecule has 28 heavy (non-hydrogen) atoms. The van der Waals surface area contributed by atoms with Crippen molar-refractivity contribution in [1.29, 1.82) is 0 Å². The monoisotopic (exact) mass is 386 g/mol. The Balaban J connectivity index is 1.87. The van der Waals surface area contributed by atoms with Gasteiger partial charge in [0.25, 0.3) is 0 Å². The average molecular weight is 386 g/mol. The summed E-state index contributed by atoms with van der Waals surface area (Å²) in [6, 6.07) is 11.9. The highest BCUT2D eigenvalue weighted by molar-refractivity contribution is 5.92. The Bertz CT molecular complexity index is 795. The van der Waals surface area contributed by atoms with E-state index in [1.807, 2.05) is 0 Å². The Morgan fingerprint density at radius 1 is 0.750 bits per heavy atom. The van der Waals surface area contributed by atoms with Gasteiger partial charge < -0.3 is 18.9 Å². The number of methoxy groups -OCH3 is 1. The maximum absolute atomic E-state index is 12.2. The van der Waals surface area contributed by atoms with Crippen LogP contribution in [0.4, 0.5) is 4.79 Å².